The summed E-state index contributed by atoms with van der Waals surface area (Å²) in [5.74, 6) is 0. The Balaban J connectivity index is 0.000000165. The van der Waals surface area contributed by atoms with Crippen LogP contribution in [0.25, 0.3) is 99.4 Å². The zero-order valence-corrected chi connectivity index (χ0v) is 70.1. The Morgan fingerprint density at radius 2 is 0.370 bits per heavy atom. The third-order valence-corrected chi connectivity index (χ3v) is 24.8. The predicted octanol–water partition coefficient (Wildman–Crippen LogP) is 33.9. The van der Waals surface area contributed by atoms with Gasteiger partial charge in [-0.1, -0.05) is 388 Å². The predicted molar refractivity (Wildman–Crippen MR) is 537 cm³/mol. The molecule has 4 heteroatoms. The summed E-state index contributed by atoms with van der Waals surface area (Å²) in [6, 6.07) is 193. The molecule has 600 valence electrons. The lowest BCUT2D eigenvalue weighted by atomic mass is 9.67. The molecule has 0 unspecified atom stereocenters. The van der Waals surface area contributed by atoms with Gasteiger partial charge in [-0.2, -0.15) is 0 Å². The van der Waals surface area contributed by atoms with Crippen LogP contribution in [0, 0.1) is 0 Å². The van der Waals surface area contributed by atoms with Gasteiger partial charge < -0.3 is 19.6 Å². The lowest BCUT2D eigenvalue weighted by Gasteiger charge is -2.35. The molecule has 0 radical (unpaired) electrons. The molecule has 21 aromatic rings. The molecule has 0 saturated heterocycles. The normalized spacial score (nSPS) is 11.7. The Morgan fingerprint density at radius 3 is 0.740 bits per heavy atom. The first-order chi connectivity index (χ1) is 63.0. The Labute approximate surface area is 743 Å². The standard InChI is InChI=1S/C73H52N2.C50H36N2/c1-6-19-53(20-7-1)55-33-41-64(42-34-55)74(65-43-35-56(36-44-65)54-21-8-2-9-22-54)66-45-37-57(38-46-66)59-23-18-24-60(51-59)58-39-47-67(48-40-58)75(63-29-14-5-15-30-63)68-49-50-70-69-31-16-17-32-71(69)73(72(70)52-68,61-25-10-3-11-26-61)62-27-12-4-13-28-62;1-3-20-43(21-4-1)51(49-26-12-16-39-14-7-9-24-47(39)49)45-32-28-37(29-33-45)41-18-11-19-42(36-41)38-30-34-46(35-31-38)52(44-22-5-2-6-23-44)50-27-13-17-40-15-8-10-25-48(40)50/h1-52H;1-36H. The Morgan fingerprint density at radius 1 is 0.134 bits per heavy atom. The van der Waals surface area contributed by atoms with Crippen molar-refractivity contribution in [2.75, 3.05) is 19.6 Å². The molecule has 0 aliphatic heterocycles. The van der Waals surface area contributed by atoms with Gasteiger partial charge in [0.1, 0.15) is 0 Å². The van der Waals surface area contributed by atoms with Gasteiger partial charge in [0.25, 0.3) is 0 Å². The number of anilines is 12. The minimum atomic E-state index is -0.494. The second-order valence-corrected chi connectivity index (χ2v) is 32.3. The number of hydrogen-bond acceptors (Lipinski definition) is 4. The van der Waals surface area contributed by atoms with Crippen molar-refractivity contribution in [3.8, 4) is 77.9 Å². The molecule has 0 spiro atoms. The number of rotatable bonds is 20. The lowest BCUT2D eigenvalue weighted by Crippen LogP contribution is -2.28. The van der Waals surface area contributed by atoms with Crippen molar-refractivity contribution in [3.63, 3.8) is 0 Å². The fourth-order valence-corrected chi connectivity index (χ4v) is 18.7. The first-order valence-electron chi connectivity index (χ1n) is 43.6. The fraction of sp³-hybridized carbons (Fsp3) is 0.00813. The maximum Gasteiger partial charge on any atom is 0.0714 e. The van der Waals surface area contributed by atoms with Crippen LogP contribution in [-0.2, 0) is 5.41 Å². The van der Waals surface area contributed by atoms with E-state index < -0.39 is 5.41 Å². The van der Waals surface area contributed by atoms with Gasteiger partial charge in [0, 0.05) is 67.6 Å². The molecular weight excluding hydrogens is 1530 g/mol. The monoisotopic (exact) mass is 1620 g/mol. The molecule has 0 fully saturated rings. The average Bonchev–Trinajstić information content (AvgIpc) is 1.54. The van der Waals surface area contributed by atoms with Gasteiger partial charge >= 0.3 is 0 Å². The first-order valence-corrected chi connectivity index (χ1v) is 43.6. The van der Waals surface area contributed by atoms with E-state index in [1.54, 1.807) is 0 Å². The molecule has 0 heterocycles. The second kappa shape index (κ2) is 35.1. The third kappa shape index (κ3) is 15.5. The van der Waals surface area contributed by atoms with Crippen LogP contribution >= 0.6 is 0 Å². The van der Waals surface area contributed by atoms with Crippen molar-refractivity contribution in [2.24, 2.45) is 0 Å². The molecule has 0 atom stereocenters. The number of fused-ring (bicyclic) bond motifs is 5. The molecule has 0 amide bonds. The first kappa shape index (κ1) is 77.6. The molecule has 1 aliphatic rings. The van der Waals surface area contributed by atoms with Gasteiger partial charge in [0.15, 0.2) is 0 Å². The highest BCUT2D eigenvalue weighted by molar-refractivity contribution is 6.01. The van der Waals surface area contributed by atoms with E-state index in [-0.39, 0.29) is 0 Å². The van der Waals surface area contributed by atoms with Crippen LogP contribution < -0.4 is 19.6 Å². The topological polar surface area (TPSA) is 13.0 Å². The average molecular weight is 1620 g/mol. The fourth-order valence-electron chi connectivity index (χ4n) is 18.7. The zero-order chi connectivity index (χ0) is 84.7. The molecular formula is C123H88N4. The molecule has 22 rings (SSSR count). The van der Waals surface area contributed by atoms with E-state index in [9.17, 15) is 0 Å². The highest BCUT2D eigenvalue weighted by Crippen LogP contribution is 2.58. The SMILES string of the molecule is c1ccc(-c2ccc(N(c3ccc(-c4ccccc4)cc3)c3ccc(-c4cccc(-c5ccc(N(c6ccccc6)c6ccc7c(c6)C(c6ccccc6)(c6ccccc6)c6ccccc6-7)cc5)c4)cc3)cc2)cc1.c1ccc(N(c2ccc(-c3cccc(-c4ccc(N(c5ccccc5)c5cccc6ccccc56)cc4)c3)cc2)c2cccc3ccccc23)cc1. The number of hydrogen-bond donors (Lipinski definition) is 0. The maximum atomic E-state index is 2.44. The van der Waals surface area contributed by atoms with Crippen LogP contribution in [0.1, 0.15) is 22.3 Å². The highest BCUT2D eigenvalue weighted by Gasteiger charge is 2.46. The molecule has 21 aromatic carbocycles. The van der Waals surface area contributed by atoms with Crippen LogP contribution in [0.4, 0.5) is 68.2 Å². The number of benzene rings is 21. The van der Waals surface area contributed by atoms with E-state index in [1.165, 1.54) is 111 Å². The smallest absolute Gasteiger partial charge is 0.0714 e. The third-order valence-electron chi connectivity index (χ3n) is 24.8. The summed E-state index contributed by atoms with van der Waals surface area (Å²) in [5, 5.41) is 4.90. The summed E-state index contributed by atoms with van der Waals surface area (Å²) in [4.78, 5) is 9.43. The molecule has 4 nitrogen and oxygen atoms in total. The van der Waals surface area contributed by atoms with E-state index in [2.05, 4.69) is 553 Å². The van der Waals surface area contributed by atoms with Gasteiger partial charge in [-0.15, -0.1) is 0 Å². The second-order valence-electron chi connectivity index (χ2n) is 32.3. The quantitative estimate of drug-likeness (QED) is 0.0754. The van der Waals surface area contributed by atoms with Crippen molar-refractivity contribution in [3.05, 3.63) is 556 Å². The van der Waals surface area contributed by atoms with Crippen LogP contribution in [0.2, 0.25) is 0 Å². The molecule has 0 aromatic heterocycles. The van der Waals surface area contributed by atoms with Gasteiger partial charge in [-0.25, -0.2) is 0 Å². The van der Waals surface area contributed by atoms with Crippen molar-refractivity contribution in [1.29, 1.82) is 0 Å². The van der Waals surface area contributed by atoms with E-state index in [0.29, 0.717) is 0 Å². The van der Waals surface area contributed by atoms with Gasteiger partial charge in [-0.05, 0) is 257 Å². The van der Waals surface area contributed by atoms with Crippen molar-refractivity contribution < 1.29 is 0 Å². The largest absolute Gasteiger partial charge is 0.311 e. The Hall–Kier alpha value is -16.7. The van der Waals surface area contributed by atoms with Crippen LogP contribution in [0.3, 0.4) is 0 Å². The Kier molecular flexibility index (Phi) is 21.4. The number of nitrogens with zero attached hydrogens (tertiary/aromatic N) is 4. The molecule has 0 bridgehead atoms. The van der Waals surface area contributed by atoms with E-state index >= 15 is 0 Å². The van der Waals surface area contributed by atoms with Crippen LogP contribution in [0.15, 0.2) is 534 Å². The molecule has 1 aliphatic carbocycles. The summed E-state index contributed by atoms with van der Waals surface area (Å²) >= 11 is 0. The van der Waals surface area contributed by atoms with E-state index in [4.69, 9.17) is 0 Å². The van der Waals surface area contributed by atoms with Crippen molar-refractivity contribution in [2.45, 2.75) is 5.41 Å². The van der Waals surface area contributed by atoms with E-state index in [1.807, 2.05) is 0 Å². The maximum absolute atomic E-state index is 2.44. The van der Waals surface area contributed by atoms with Gasteiger partial charge in [0.05, 0.1) is 16.8 Å². The van der Waals surface area contributed by atoms with E-state index in [0.717, 1.165) is 79.4 Å². The minimum absolute atomic E-state index is 0.494. The zero-order valence-electron chi connectivity index (χ0n) is 70.1. The molecule has 0 saturated carbocycles. The number of para-hydroxylation sites is 3. The summed E-state index contributed by atoms with van der Waals surface area (Å²) in [7, 11) is 0. The minimum Gasteiger partial charge on any atom is -0.311 e. The highest BCUT2D eigenvalue weighted by atomic mass is 15.2. The molecule has 0 N–H and O–H groups in total. The van der Waals surface area contributed by atoms with Crippen molar-refractivity contribution in [1.82, 2.24) is 0 Å². The summed E-state index contributed by atoms with van der Waals surface area (Å²) < 4.78 is 0. The van der Waals surface area contributed by atoms with Crippen LogP contribution in [-0.4, -0.2) is 0 Å². The molecule has 127 heavy (non-hydrogen) atoms. The van der Waals surface area contributed by atoms with Gasteiger partial charge in [0.2, 0.25) is 0 Å². The summed E-state index contributed by atoms with van der Waals surface area (Å²) in [6.07, 6.45) is 0. The summed E-state index contributed by atoms with van der Waals surface area (Å²) in [5.41, 5.74) is 34.7. The lowest BCUT2D eigenvalue weighted by molar-refractivity contribution is 0.768. The van der Waals surface area contributed by atoms with Gasteiger partial charge in [-0.3, -0.25) is 0 Å². The Bertz CT molecular complexity index is 7050. The summed E-state index contributed by atoms with van der Waals surface area (Å²) in [6.45, 7) is 0. The van der Waals surface area contributed by atoms with Crippen molar-refractivity contribution >= 4 is 89.8 Å². The van der Waals surface area contributed by atoms with Crippen LogP contribution in [0.5, 0.6) is 0 Å².